The number of hydrogen-bond donors (Lipinski definition) is 6. The number of alkyl halides is 3. The van der Waals surface area contributed by atoms with Crippen LogP contribution < -0.4 is 26.6 Å². The number of nitrogens with zero attached hydrogens (tertiary/aromatic N) is 6. The third-order valence-corrected chi connectivity index (χ3v) is 5.86. The molecule has 0 bridgehead atoms. The van der Waals surface area contributed by atoms with Crippen LogP contribution in [0.1, 0.15) is 26.3 Å². The second-order valence-electron chi connectivity index (χ2n) is 9.79. The average molecular weight is 802 g/mol. The van der Waals surface area contributed by atoms with Crippen molar-refractivity contribution in [1.82, 2.24) is 30.0 Å². The highest BCUT2D eigenvalue weighted by atomic mass is 35.5. The third kappa shape index (κ3) is 19.0. The average Bonchev–Trinajstić information content (AvgIpc) is 3.27. The summed E-state index contributed by atoms with van der Waals surface area (Å²) in [5.74, 6) is -0.580. The van der Waals surface area contributed by atoms with Crippen molar-refractivity contribution in [3.05, 3.63) is 49.3 Å². The Hall–Kier alpha value is -3.17. The maximum absolute atomic E-state index is 12.6. The number of aromatic nitrogens is 5. The van der Waals surface area contributed by atoms with Crippen molar-refractivity contribution in [1.29, 1.82) is 0 Å². The molecule has 2 heterocycles. The number of anilines is 3. The minimum atomic E-state index is -4.63. The fraction of sp³-hybridized carbons (Fsp3) is 0.458. The number of nitro groups is 1. The SMILES string of the molecule is CCNc1nc(Cl)nc(NC(C)C)n1.C[S+](C)C.Nc1c([N+](=O)[O-])cnn1-c1c(Cl)cc(C(F)(F)F)cc1Cl.O=C(O)CNCP(=O)([O-])O. The first-order valence-electron chi connectivity index (χ1n) is 13.3. The van der Waals surface area contributed by atoms with E-state index in [-0.39, 0.29) is 27.1 Å². The summed E-state index contributed by atoms with van der Waals surface area (Å²) in [4.78, 5) is 49.7. The van der Waals surface area contributed by atoms with E-state index >= 15 is 0 Å². The molecule has 0 aliphatic rings. The highest BCUT2D eigenvalue weighted by Gasteiger charge is 2.33. The van der Waals surface area contributed by atoms with Crippen molar-refractivity contribution in [3.8, 4) is 5.69 Å². The second kappa shape index (κ2) is 21.1. The first-order chi connectivity index (χ1) is 22.4. The van der Waals surface area contributed by atoms with Gasteiger partial charge in [-0.15, -0.1) is 0 Å². The number of aliphatic carboxylic acids is 1. The number of nitrogens with two attached hydrogens (primary N) is 1. The zero-order valence-electron chi connectivity index (χ0n) is 26.8. The molecule has 25 heteroatoms. The van der Waals surface area contributed by atoms with Gasteiger partial charge >= 0.3 is 17.8 Å². The molecule has 49 heavy (non-hydrogen) atoms. The van der Waals surface area contributed by atoms with Gasteiger partial charge in [-0.2, -0.15) is 33.2 Å². The first-order valence-corrected chi connectivity index (χ1v) is 18.6. The molecule has 3 aromatic rings. The lowest BCUT2D eigenvalue weighted by molar-refractivity contribution is -0.383. The summed E-state index contributed by atoms with van der Waals surface area (Å²) in [6, 6.07) is 1.54. The molecule has 2 aromatic heterocycles. The Bertz CT molecular complexity index is 1560. The van der Waals surface area contributed by atoms with Crippen LogP contribution in [0.2, 0.25) is 15.3 Å². The molecule has 0 radical (unpaired) electrons. The number of nitrogen functional groups attached to an aromatic ring is 1. The van der Waals surface area contributed by atoms with E-state index in [1.807, 2.05) is 26.1 Å². The summed E-state index contributed by atoms with van der Waals surface area (Å²) in [6.45, 7) is 6.25. The van der Waals surface area contributed by atoms with E-state index in [4.69, 9.17) is 50.5 Å². The van der Waals surface area contributed by atoms with Crippen LogP contribution in [0, 0.1) is 10.1 Å². The zero-order chi connectivity index (χ0) is 38.3. The van der Waals surface area contributed by atoms with Gasteiger partial charge in [0.1, 0.15) is 19.5 Å². The van der Waals surface area contributed by atoms with E-state index in [1.165, 1.54) is 0 Å². The summed E-state index contributed by atoms with van der Waals surface area (Å²) >= 11 is 17.3. The molecule has 3 rings (SSSR count). The Morgan fingerprint density at radius 3 is 2.04 bits per heavy atom. The van der Waals surface area contributed by atoms with Crippen molar-refractivity contribution < 1.29 is 42.3 Å². The molecule has 1 aromatic carbocycles. The molecule has 0 aliphatic heterocycles. The van der Waals surface area contributed by atoms with Gasteiger partial charge in [-0.05, 0) is 55.4 Å². The van der Waals surface area contributed by atoms with E-state index in [0.29, 0.717) is 34.9 Å². The van der Waals surface area contributed by atoms with Gasteiger partial charge in [0.15, 0.2) is 0 Å². The number of hydrogen-bond acceptors (Lipinski definition) is 13. The van der Waals surface area contributed by atoms with Crippen LogP contribution >= 0.6 is 42.4 Å². The molecule has 276 valence electrons. The Morgan fingerprint density at radius 1 is 1.14 bits per heavy atom. The normalized spacial score (nSPS) is 12.0. The van der Waals surface area contributed by atoms with Crippen LogP contribution in [0.25, 0.3) is 5.69 Å². The lowest BCUT2D eigenvalue weighted by Gasteiger charge is -2.14. The highest BCUT2D eigenvalue weighted by molar-refractivity contribution is 7.94. The number of carboxylic acids is 1. The molecule has 0 aliphatic carbocycles. The first kappa shape index (κ1) is 45.8. The van der Waals surface area contributed by atoms with Gasteiger partial charge in [0.05, 0.1) is 52.1 Å². The smallest absolute Gasteiger partial charge is 0.416 e. The van der Waals surface area contributed by atoms with Gasteiger partial charge in [-0.3, -0.25) is 20.2 Å². The minimum Gasteiger partial charge on any atom is -0.778 e. The standard InChI is InChI=1S/C10H5Cl2F3N4O2.C8H14ClN5.C3H8NO5P.C3H9S/c11-5-1-4(10(13,14)15)2-6(12)8(5)18-9(16)7(3-17-18)19(20)21;1-4-10-7-12-6(9)13-8(14-7)11-5(2)3;5-3(6)1-4-2-10(7,8)9;1-4(2)3/h1-3H,16H2;5H,4H2,1-3H3,(H2,10,11,12,13,14);4H,1-2H2,(H,5,6)(H2,7,8,9);1-3H3/q;;;+1/p-1. The Labute approximate surface area is 296 Å². The number of halogens is 6. The Morgan fingerprint density at radius 2 is 1.65 bits per heavy atom. The molecular formula is C24H35Cl3F3N10O7PS. The fourth-order valence-electron chi connectivity index (χ4n) is 2.81. The van der Waals surface area contributed by atoms with Crippen molar-refractivity contribution in [3.63, 3.8) is 0 Å². The second-order valence-corrected chi connectivity index (χ2v) is 15.0. The van der Waals surface area contributed by atoms with E-state index in [0.717, 1.165) is 17.4 Å². The van der Waals surface area contributed by atoms with Crippen molar-refractivity contribution in [2.24, 2.45) is 0 Å². The Kier molecular flexibility index (Phi) is 19.8. The molecule has 0 saturated heterocycles. The van der Waals surface area contributed by atoms with Gasteiger partial charge in [0.25, 0.3) is 0 Å². The third-order valence-electron chi connectivity index (χ3n) is 4.49. The van der Waals surface area contributed by atoms with Crippen LogP contribution in [0.4, 0.5) is 36.6 Å². The van der Waals surface area contributed by atoms with Crippen molar-refractivity contribution >= 4 is 82.7 Å². The van der Waals surface area contributed by atoms with Crippen molar-refractivity contribution in [2.45, 2.75) is 33.0 Å². The van der Waals surface area contributed by atoms with E-state index in [9.17, 15) is 37.5 Å². The largest absolute Gasteiger partial charge is 0.778 e. The number of carbonyl (C=O) groups is 1. The summed E-state index contributed by atoms with van der Waals surface area (Å²) in [5, 5.41) is 29.7. The quantitative estimate of drug-likeness (QED) is 0.0729. The molecule has 1 atom stereocenters. The maximum atomic E-state index is 12.6. The molecule has 0 fully saturated rings. The molecule has 0 amide bonds. The minimum absolute atomic E-state index is 0.170. The van der Waals surface area contributed by atoms with Crippen molar-refractivity contribution in [2.75, 3.05) is 54.5 Å². The number of benzene rings is 1. The van der Waals surface area contributed by atoms with Crippen LogP contribution in [-0.4, -0.2) is 89.8 Å². The molecule has 0 saturated carbocycles. The monoisotopic (exact) mass is 800 g/mol. The lowest BCUT2D eigenvalue weighted by Crippen LogP contribution is -2.25. The maximum Gasteiger partial charge on any atom is 0.416 e. The van der Waals surface area contributed by atoms with Crippen LogP contribution in [-0.2, 0) is 26.4 Å². The summed E-state index contributed by atoms with van der Waals surface area (Å²) < 4.78 is 48.6. The van der Waals surface area contributed by atoms with Crippen LogP contribution in [0.5, 0.6) is 0 Å². The lowest BCUT2D eigenvalue weighted by atomic mass is 10.2. The number of carboxylic acid groups (broad SMARTS) is 1. The predicted molar refractivity (Wildman–Crippen MR) is 183 cm³/mol. The van der Waals surface area contributed by atoms with E-state index < -0.39 is 54.6 Å². The zero-order valence-corrected chi connectivity index (χ0v) is 30.7. The summed E-state index contributed by atoms with van der Waals surface area (Å²) in [7, 11) is -3.71. The molecular weight excluding hydrogens is 767 g/mol. The topological polar surface area (TPSA) is 259 Å². The molecule has 7 N–H and O–H groups in total. The molecule has 1 unspecified atom stereocenters. The summed E-state index contributed by atoms with van der Waals surface area (Å²) in [6.07, 6.45) is 2.09. The van der Waals surface area contributed by atoms with Gasteiger partial charge in [0, 0.05) is 12.6 Å². The highest BCUT2D eigenvalue weighted by Crippen LogP contribution is 2.39. The van der Waals surface area contributed by atoms with Gasteiger partial charge in [-0.25, -0.2) is 4.68 Å². The van der Waals surface area contributed by atoms with Gasteiger partial charge < -0.3 is 35.8 Å². The summed E-state index contributed by atoms with van der Waals surface area (Å²) in [5.41, 5.74) is 3.78. The van der Waals surface area contributed by atoms with Gasteiger partial charge in [0.2, 0.25) is 23.0 Å². The number of nitrogens with one attached hydrogen (secondary N) is 3. The Balaban J connectivity index is 0.000000712. The van der Waals surface area contributed by atoms with Crippen LogP contribution in [0.3, 0.4) is 0 Å². The van der Waals surface area contributed by atoms with Gasteiger partial charge in [-0.1, -0.05) is 23.2 Å². The van der Waals surface area contributed by atoms with Crippen LogP contribution in [0.15, 0.2) is 18.3 Å². The fourth-order valence-corrected chi connectivity index (χ4v) is 4.02. The van der Waals surface area contributed by atoms with E-state index in [2.05, 4.69) is 49.5 Å². The molecule has 17 nitrogen and oxygen atoms in total. The van der Waals surface area contributed by atoms with E-state index in [1.54, 1.807) is 0 Å². The predicted octanol–water partition coefficient (Wildman–Crippen LogP) is 4.12. The number of rotatable bonds is 10. The molecule has 0 spiro atoms.